The van der Waals surface area contributed by atoms with Crippen molar-refractivity contribution in [2.75, 3.05) is 18.6 Å². The van der Waals surface area contributed by atoms with Gasteiger partial charge < -0.3 is 0 Å². The third-order valence-corrected chi connectivity index (χ3v) is 3.13. The Kier molecular flexibility index (Phi) is 0.707. The van der Waals surface area contributed by atoms with Crippen LogP contribution in [0, 0.1) is 0 Å². The lowest BCUT2D eigenvalue weighted by Crippen LogP contribution is -1.99. The molecule has 2 aliphatic rings. The van der Waals surface area contributed by atoms with E-state index in [1.54, 1.807) is 0 Å². The van der Waals surface area contributed by atoms with E-state index in [1.807, 2.05) is 0 Å². The van der Waals surface area contributed by atoms with E-state index in [2.05, 4.69) is 23.7 Å². The number of thioether (sulfide) groups is 1. The Bertz CT molecular complexity index is 84.1. The van der Waals surface area contributed by atoms with Crippen LogP contribution in [-0.4, -0.2) is 35.5 Å². The summed E-state index contributed by atoms with van der Waals surface area (Å²) in [4.78, 5) is 2.45. The first-order valence-electron chi connectivity index (χ1n) is 2.69. The molecule has 0 spiro atoms. The zero-order valence-corrected chi connectivity index (χ0v) is 5.24. The highest BCUT2D eigenvalue weighted by Gasteiger charge is 2.47. The maximum Gasteiger partial charge on any atom is 0.0351 e. The first kappa shape index (κ1) is 4.21. The van der Waals surface area contributed by atoms with Gasteiger partial charge >= 0.3 is 0 Å². The smallest absolute Gasteiger partial charge is 0.0351 e. The molecule has 2 saturated heterocycles. The second-order valence-corrected chi connectivity index (χ2v) is 3.41. The second-order valence-electron chi connectivity index (χ2n) is 2.34. The van der Waals surface area contributed by atoms with Crippen LogP contribution in [0.5, 0.6) is 0 Å². The third kappa shape index (κ3) is 0.441. The van der Waals surface area contributed by atoms with E-state index in [0.717, 1.165) is 12.1 Å². The molecule has 0 aliphatic carbocycles. The molecule has 0 bridgehead atoms. The first-order valence-corrected chi connectivity index (χ1v) is 3.85. The Hall–Kier alpha value is 0.310. The lowest BCUT2D eigenvalue weighted by Gasteiger charge is -1.94. The maximum atomic E-state index is 2.45. The largest absolute Gasteiger partial charge is 0.296 e. The van der Waals surface area contributed by atoms with Gasteiger partial charge in [-0.2, -0.15) is 11.8 Å². The predicted octanol–water partition coefficient (Wildman–Crippen LogP) is 0.416. The first-order chi connectivity index (χ1) is 3.39. The number of likely N-dealkylation sites (N-methyl/N-ethyl adjacent to an activating group) is 1. The molecule has 2 heteroatoms. The van der Waals surface area contributed by atoms with Gasteiger partial charge in [-0.25, -0.2) is 0 Å². The lowest BCUT2D eigenvalue weighted by molar-refractivity contribution is 0.603. The van der Waals surface area contributed by atoms with Crippen LogP contribution in [-0.2, 0) is 0 Å². The van der Waals surface area contributed by atoms with Gasteiger partial charge in [-0.3, -0.25) is 4.90 Å². The molecule has 7 heavy (non-hydrogen) atoms. The number of hydrogen-bond acceptors (Lipinski definition) is 2. The summed E-state index contributed by atoms with van der Waals surface area (Å²) in [6.45, 7) is 0. The maximum absolute atomic E-state index is 2.45. The normalized spacial score (nSPS) is 57.0. The Morgan fingerprint density at radius 2 is 2.00 bits per heavy atom. The molecule has 0 saturated carbocycles. The summed E-state index contributed by atoms with van der Waals surface area (Å²) in [5.41, 5.74) is 0. The van der Waals surface area contributed by atoms with E-state index in [4.69, 9.17) is 0 Å². The van der Waals surface area contributed by atoms with E-state index < -0.39 is 0 Å². The van der Waals surface area contributed by atoms with Crippen molar-refractivity contribution in [1.82, 2.24) is 4.90 Å². The highest BCUT2D eigenvalue weighted by atomic mass is 32.2. The van der Waals surface area contributed by atoms with Gasteiger partial charge in [-0.05, 0) is 7.05 Å². The highest BCUT2D eigenvalue weighted by molar-refractivity contribution is 7.99. The summed E-state index contributed by atoms with van der Waals surface area (Å²) < 4.78 is 0. The van der Waals surface area contributed by atoms with Crippen LogP contribution in [0.4, 0.5) is 0 Å². The molecule has 1 nitrogen and oxygen atoms in total. The third-order valence-electron chi connectivity index (χ3n) is 1.98. The molecule has 2 aliphatic heterocycles. The summed E-state index contributed by atoms with van der Waals surface area (Å²) in [5, 5.41) is 0. The van der Waals surface area contributed by atoms with Crippen molar-refractivity contribution in [1.29, 1.82) is 0 Å². The predicted molar refractivity (Wildman–Crippen MR) is 32.7 cm³/mol. The van der Waals surface area contributed by atoms with Gasteiger partial charge in [-0.1, -0.05) is 0 Å². The van der Waals surface area contributed by atoms with Gasteiger partial charge in [-0.15, -0.1) is 0 Å². The molecule has 40 valence electrons. The monoisotopic (exact) mass is 115 g/mol. The molecule has 0 aromatic heterocycles. The quantitative estimate of drug-likeness (QED) is 0.421. The van der Waals surface area contributed by atoms with Crippen LogP contribution >= 0.6 is 11.8 Å². The molecule has 0 aromatic carbocycles. The number of fused-ring (bicyclic) bond motifs is 1. The Morgan fingerprint density at radius 3 is 2.29 bits per heavy atom. The zero-order chi connectivity index (χ0) is 4.85. The van der Waals surface area contributed by atoms with Gasteiger partial charge in [0.1, 0.15) is 0 Å². The summed E-state index contributed by atoms with van der Waals surface area (Å²) in [5.74, 6) is 2.78. The van der Waals surface area contributed by atoms with Gasteiger partial charge in [0.15, 0.2) is 0 Å². The van der Waals surface area contributed by atoms with Gasteiger partial charge in [0, 0.05) is 23.6 Å². The summed E-state index contributed by atoms with van der Waals surface area (Å²) in [6, 6.07) is 1.95. The molecular formula is C5H9NS. The minimum Gasteiger partial charge on any atom is -0.296 e. The van der Waals surface area contributed by atoms with Gasteiger partial charge in [0.2, 0.25) is 0 Å². The van der Waals surface area contributed by atoms with Crippen molar-refractivity contribution in [3.63, 3.8) is 0 Å². The zero-order valence-electron chi connectivity index (χ0n) is 4.42. The number of rotatable bonds is 0. The van der Waals surface area contributed by atoms with Crippen molar-refractivity contribution < 1.29 is 0 Å². The van der Waals surface area contributed by atoms with Crippen molar-refractivity contribution in [2.24, 2.45) is 0 Å². The van der Waals surface area contributed by atoms with Crippen molar-refractivity contribution >= 4 is 11.8 Å². The number of nitrogens with zero attached hydrogens (tertiary/aromatic N) is 1. The van der Waals surface area contributed by atoms with Crippen LogP contribution in [0.3, 0.4) is 0 Å². The summed E-state index contributed by atoms with van der Waals surface area (Å²) in [6.07, 6.45) is 0. The minimum atomic E-state index is 0.977. The van der Waals surface area contributed by atoms with Crippen LogP contribution in [0.1, 0.15) is 0 Å². The van der Waals surface area contributed by atoms with Crippen LogP contribution in [0.15, 0.2) is 0 Å². The fourth-order valence-corrected chi connectivity index (χ4v) is 2.77. The minimum absolute atomic E-state index is 0.977. The van der Waals surface area contributed by atoms with E-state index in [0.29, 0.717) is 0 Å². The fourth-order valence-electron chi connectivity index (χ4n) is 1.24. The van der Waals surface area contributed by atoms with E-state index in [9.17, 15) is 0 Å². The molecule has 2 atom stereocenters. The molecule has 0 amide bonds. The van der Waals surface area contributed by atoms with E-state index in [1.165, 1.54) is 11.5 Å². The summed E-state index contributed by atoms with van der Waals surface area (Å²) in [7, 11) is 2.22. The molecule has 0 radical (unpaired) electrons. The van der Waals surface area contributed by atoms with Gasteiger partial charge in [0.25, 0.3) is 0 Å². The molecular weight excluding hydrogens is 106 g/mol. The van der Waals surface area contributed by atoms with Crippen molar-refractivity contribution in [2.45, 2.75) is 12.1 Å². The Morgan fingerprint density at radius 1 is 1.43 bits per heavy atom. The SMILES string of the molecule is CN1C2CSCC21. The average molecular weight is 115 g/mol. The summed E-state index contributed by atoms with van der Waals surface area (Å²) >= 11 is 2.09. The standard InChI is InChI=1S/C5H9NS/c1-6-4-2-7-3-5(4)6/h4-5H,2-3H2,1H3. The Balaban J connectivity index is 2.06. The number of hydrogen-bond donors (Lipinski definition) is 0. The highest BCUT2D eigenvalue weighted by Crippen LogP contribution is 2.37. The van der Waals surface area contributed by atoms with Crippen molar-refractivity contribution in [3.8, 4) is 0 Å². The van der Waals surface area contributed by atoms with Gasteiger partial charge in [0.05, 0.1) is 0 Å². The molecule has 2 rings (SSSR count). The van der Waals surface area contributed by atoms with Crippen LogP contribution < -0.4 is 0 Å². The Labute approximate surface area is 48.1 Å². The average Bonchev–Trinajstić information content (AvgIpc) is 2.26. The second kappa shape index (κ2) is 1.17. The fraction of sp³-hybridized carbons (Fsp3) is 1.00. The lowest BCUT2D eigenvalue weighted by atomic mass is 10.4. The molecule has 2 heterocycles. The molecule has 2 unspecified atom stereocenters. The topological polar surface area (TPSA) is 3.01 Å². The van der Waals surface area contributed by atoms with Crippen LogP contribution in [0.2, 0.25) is 0 Å². The molecule has 0 N–H and O–H groups in total. The van der Waals surface area contributed by atoms with Crippen molar-refractivity contribution in [3.05, 3.63) is 0 Å². The van der Waals surface area contributed by atoms with E-state index in [-0.39, 0.29) is 0 Å². The molecule has 0 aromatic rings. The van der Waals surface area contributed by atoms with Crippen LogP contribution in [0.25, 0.3) is 0 Å². The molecule has 2 fully saturated rings. The van der Waals surface area contributed by atoms with E-state index >= 15 is 0 Å².